The predicted molar refractivity (Wildman–Crippen MR) is 70.2 cm³/mol. The van der Waals surface area contributed by atoms with Crippen molar-refractivity contribution in [2.24, 2.45) is 17.8 Å². The lowest BCUT2D eigenvalue weighted by Crippen LogP contribution is -2.43. The standard InChI is InChI=1S/C10H19N.2C2H6/c1-8-6-11-7-9-4-2-3-5-10(8)9;2*1-2/h8-11H,2-7H2,1H3;2*1-2H3. The van der Waals surface area contributed by atoms with E-state index in [1.54, 1.807) is 0 Å². The highest BCUT2D eigenvalue weighted by molar-refractivity contribution is 4.85. The maximum Gasteiger partial charge on any atom is -0.00176 e. The molecular weight excluding hydrogens is 182 g/mol. The first-order chi connectivity index (χ1) is 7.38. The van der Waals surface area contributed by atoms with Crippen LogP contribution in [-0.2, 0) is 0 Å². The van der Waals surface area contributed by atoms with Crippen molar-refractivity contribution in [2.75, 3.05) is 13.1 Å². The highest BCUT2D eigenvalue weighted by Crippen LogP contribution is 2.36. The quantitative estimate of drug-likeness (QED) is 0.639. The normalized spacial score (nSPS) is 33.8. The maximum absolute atomic E-state index is 3.53. The monoisotopic (exact) mass is 213 g/mol. The van der Waals surface area contributed by atoms with Crippen molar-refractivity contribution < 1.29 is 0 Å². The van der Waals surface area contributed by atoms with Gasteiger partial charge in [0, 0.05) is 0 Å². The fourth-order valence-electron chi connectivity index (χ4n) is 2.89. The lowest BCUT2D eigenvalue weighted by Gasteiger charge is -2.40. The molecule has 92 valence electrons. The summed E-state index contributed by atoms with van der Waals surface area (Å²) in [4.78, 5) is 0. The van der Waals surface area contributed by atoms with Crippen LogP contribution in [0.25, 0.3) is 0 Å². The molecule has 2 fully saturated rings. The molecule has 3 unspecified atom stereocenters. The third kappa shape index (κ3) is 4.55. The number of piperidine rings is 1. The van der Waals surface area contributed by atoms with Crippen LogP contribution in [0.2, 0.25) is 0 Å². The Balaban J connectivity index is 0.000000442. The summed E-state index contributed by atoms with van der Waals surface area (Å²) in [7, 11) is 0. The van der Waals surface area contributed by atoms with Crippen LogP contribution in [0.15, 0.2) is 0 Å². The van der Waals surface area contributed by atoms with E-state index in [1.165, 1.54) is 38.8 Å². The van der Waals surface area contributed by atoms with Crippen molar-refractivity contribution in [2.45, 2.75) is 60.3 Å². The number of rotatable bonds is 0. The van der Waals surface area contributed by atoms with Crippen LogP contribution >= 0.6 is 0 Å². The Labute approximate surface area is 97.0 Å². The van der Waals surface area contributed by atoms with E-state index in [2.05, 4.69) is 12.2 Å². The van der Waals surface area contributed by atoms with Crippen molar-refractivity contribution in [3.63, 3.8) is 0 Å². The molecule has 1 saturated heterocycles. The molecule has 0 aromatic rings. The van der Waals surface area contributed by atoms with Crippen LogP contribution in [0.4, 0.5) is 0 Å². The van der Waals surface area contributed by atoms with E-state index in [0.717, 1.165) is 17.8 Å². The molecule has 2 rings (SSSR count). The average molecular weight is 213 g/mol. The Hall–Kier alpha value is -0.0400. The Bertz CT molecular complexity index is 131. The summed E-state index contributed by atoms with van der Waals surface area (Å²) < 4.78 is 0. The van der Waals surface area contributed by atoms with Gasteiger partial charge in [0.05, 0.1) is 0 Å². The largest absolute Gasteiger partial charge is 0.316 e. The van der Waals surface area contributed by atoms with Gasteiger partial charge in [0.2, 0.25) is 0 Å². The predicted octanol–water partition coefficient (Wildman–Crippen LogP) is 4.08. The third-order valence-corrected chi connectivity index (χ3v) is 3.57. The molecule has 0 aromatic carbocycles. The zero-order chi connectivity index (χ0) is 11.7. The van der Waals surface area contributed by atoms with Crippen LogP contribution in [0.3, 0.4) is 0 Å². The molecule has 15 heavy (non-hydrogen) atoms. The molecule has 1 nitrogen and oxygen atoms in total. The fraction of sp³-hybridized carbons (Fsp3) is 1.00. The van der Waals surface area contributed by atoms with Crippen molar-refractivity contribution in [1.82, 2.24) is 5.32 Å². The molecule has 2 aliphatic rings. The van der Waals surface area contributed by atoms with Crippen molar-refractivity contribution in [1.29, 1.82) is 0 Å². The van der Waals surface area contributed by atoms with Gasteiger partial charge in [-0.25, -0.2) is 0 Å². The van der Waals surface area contributed by atoms with Gasteiger partial charge >= 0.3 is 0 Å². The minimum absolute atomic E-state index is 0.939. The van der Waals surface area contributed by atoms with Gasteiger partial charge in [0.25, 0.3) is 0 Å². The van der Waals surface area contributed by atoms with Gasteiger partial charge in [-0.1, -0.05) is 47.5 Å². The zero-order valence-electron chi connectivity index (χ0n) is 11.5. The molecule has 1 aliphatic heterocycles. The van der Waals surface area contributed by atoms with Crippen LogP contribution in [-0.4, -0.2) is 13.1 Å². The SMILES string of the molecule is CC.CC.CC1CNCC2CCCCC12. The molecule has 3 atom stereocenters. The minimum Gasteiger partial charge on any atom is -0.316 e. The van der Waals surface area contributed by atoms with E-state index in [4.69, 9.17) is 0 Å². The molecule has 1 heteroatoms. The number of fused-ring (bicyclic) bond motifs is 1. The Morgan fingerprint density at radius 2 is 1.47 bits per heavy atom. The number of hydrogen-bond donors (Lipinski definition) is 1. The first-order valence-corrected chi connectivity index (χ1v) is 7.08. The molecular formula is C14H31N. The van der Waals surface area contributed by atoms with E-state index in [-0.39, 0.29) is 0 Å². The molecule has 1 aliphatic carbocycles. The van der Waals surface area contributed by atoms with Gasteiger partial charge in [-0.15, -0.1) is 0 Å². The molecule has 1 N–H and O–H groups in total. The van der Waals surface area contributed by atoms with E-state index in [0.29, 0.717) is 0 Å². The maximum atomic E-state index is 3.53. The van der Waals surface area contributed by atoms with Gasteiger partial charge < -0.3 is 5.32 Å². The Morgan fingerprint density at radius 1 is 0.867 bits per heavy atom. The molecule has 0 spiro atoms. The summed E-state index contributed by atoms with van der Waals surface area (Å²) in [6.07, 6.45) is 5.97. The van der Waals surface area contributed by atoms with E-state index in [1.807, 2.05) is 27.7 Å². The topological polar surface area (TPSA) is 12.0 Å². The lowest BCUT2D eigenvalue weighted by molar-refractivity contribution is 0.129. The number of hydrogen-bond acceptors (Lipinski definition) is 1. The molecule has 0 amide bonds. The summed E-state index contributed by atoms with van der Waals surface area (Å²) in [6.45, 7) is 13.0. The highest BCUT2D eigenvalue weighted by atomic mass is 14.9. The summed E-state index contributed by atoms with van der Waals surface area (Å²) in [5.74, 6) is 3.02. The van der Waals surface area contributed by atoms with Crippen LogP contribution in [0.5, 0.6) is 0 Å². The second-order valence-corrected chi connectivity index (χ2v) is 4.34. The average Bonchev–Trinajstić information content (AvgIpc) is 2.35. The van der Waals surface area contributed by atoms with Gasteiger partial charge in [-0.05, 0) is 43.7 Å². The Kier molecular flexibility index (Phi) is 9.18. The molecule has 0 aromatic heterocycles. The molecule has 1 heterocycles. The van der Waals surface area contributed by atoms with Crippen molar-refractivity contribution in [3.05, 3.63) is 0 Å². The smallest absolute Gasteiger partial charge is 0.00176 e. The van der Waals surface area contributed by atoms with Crippen LogP contribution in [0, 0.1) is 17.8 Å². The fourth-order valence-corrected chi connectivity index (χ4v) is 2.89. The van der Waals surface area contributed by atoms with E-state index >= 15 is 0 Å². The van der Waals surface area contributed by atoms with Crippen LogP contribution < -0.4 is 5.32 Å². The Morgan fingerprint density at radius 3 is 2.07 bits per heavy atom. The minimum atomic E-state index is 0.939. The van der Waals surface area contributed by atoms with Crippen LogP contribution in [0.1, 0.15) is 60.3 Å². The summed E-state index contributed by atoms with van der Waals surface area (Å²) in [5.41, 5.74) is 0. The molecule has 0 radical (unpaired) electrons. The first kappa shape index (κ1) is 15.0. The number of nitrogens with one attached hydrogen (secondary N) is 1. The van der Waals surface area contributed by atoms with E-state index in [9.17, 15) is 0 Å². The van der Waals surface area contributed by atoms with Gasteiger partial charge in [0.15, 0.2) is 0 Å². The zero-order valence-corrected chi connectivity index (χ0v) is 11.5. The van der Waals surface area contributed by atoms with Crippen molar-refractivity contribution >= 4 is 0 Å². The van der Waals surface area contributed by atoms with E-state index < -0.39 is 0 Å². The second-order valence-electron chi connectivity index (χ2n) is 4.34. The lowest BCUT2D eigenvalue weighted by atomic mass is 9.71. The first-order valence-electron chi connectivity index (χ1n) is 7.08. The highest BCUT2D eigenvalue weighted by Gasteiger charge is 2.31. The van der Waals surface area contributed by atoms with Gasteiger partial charge in [-0.2, -0.15) is 0 Å². The molecule has 1 saturated carbocycles. The molecule has 0 bridgehead atoms. The second kappa shape index (κ2) is 9.21. The van der Waals surface area contributed by atoms with Crippen molar-refractivity contribution in [3.8, 4) is 0 Å². The van der Waals surface area contributed by atoms with Gasteiger partial charge in [0.1, 0.15) is 0 Å². The van der Waals surface area contributed by atoms with Gasteiger partial charge in [-0.3, -0.25) is 0 Å². The summed E-state index contributed by atoms with van der Waals surface area (Å²) in [5, 5.41) is 3.53. The third-order valence-electron chi connectivity index (χ3n) is 3.57. The summed E-state index contributed by atoms with van der Waals surface area (Å²) in [6, 6.07) is 0. The summed E-state index contributed by atoms with van der Waals surface area (Å²) >= 11 is 0.